The van der Waals surface area contributed by atoms with Gasteiger partial charge in [0, 0.05) is 29.9 Å². The molecule has 2 aliphatic rings. The molecule has 0 radical (unpaired) electrons. The second kappa shape index (κ2) is 6.53. The first-order valence-electron chi connectivity index (χ1n) is 8.32. The van der Waals surface area contributed by atoms with Crippen molar-refractivity contribution in [3.8, 4) is 0 Å². The Bertz CT molecular complexity index is 849. The predicted molar refractivity (Wildman–Crippen MR) is 96.3 cm³/mol. The van der Waals surface area contributed by atoms with Gasteiger partial charge in [-0.05, 0) is 35.4 Å². The van der Waals surface area contributed by atoms with Gasteiger partial charge in [-0.3, -0.25) is 14.9 Å². The average molecular weight is 334 g/mol. The van der Waals surface area contributed by atoms with Crippen LogP contribution in [0.1, 0.15) is 21.5 Å². The third kappa shape index (κ3) is 3.06. The Morgan fingerprint density at radius 2 is 1.56 bits per heavy atom. The van der Waals surface area contributed by atoms with E-state index in [2.05, 4.69) is 22.3 Å². The van der Waals surface area contributed by atoms with Gasteiger partial charge >= 0.3 is 0 Å². The Kier molecular flexibility index (Phi) is 4.07. The minimum atomic E-state index is -0.360. The zero-order valence-corrected chi connectivity index (χ0v) is 13.7. The lowest BCUT2D eigenvalue weighted by molar-refractivity contribution is -0.114. The molecule has 25 heavy (non-hydrogen) atoms. The van der Waals surface area contributed by atoms with Crippen molar-refractivity contribution in [2.24, 2.45) is 0 Å². The number of carbonyl (C=O) groups excluding carboxylic acids is 2. The van der Waals surface area contributed by atoms with Gasteiger partial charge in [-0.15, -0.1) is 0 Å². The summed E-state index contributed by atoms with van der Waals surface area (Å²) in [5.74, 6) is -0.707. The Labute approximate surface area is 145 Å². The number of nitrogens with one attached hydrogen (secondary N) is 1. The molecule has 2 aromatic carbocycles. The Hall–Kier alpha value is -2.92. The lowest BCUT2D eigenvalue weighted by Gasteiger charge is -2.28. The summed E-state index contributed by atoms with van der Waals surface area (Å²) in [6, 6.07) is 15.2. The number of fused-ring (bicyclic) bond motifs is 1. The summed E-state index contributed by atoms with van der Waals surface area (Å²) in [5, 5.41) is 2.40. The summed E-state index contributed by atoms with van der Waals surface area (Å²) in [6.07, 6.45) is 1.82. The highest BCUT2D eigenvalue weighted by atomic mass is 16.5. The van der Waals surface area contributed by atoms with E-state index in [9.17, 15) is 9.59 Å². The number of anilines is 1. The summed E-state index contributed by atoms with van der Waals surface area (Å²) in [5.41, 5.74) is 3.78. The van der Waals surface area contributed by atoms with Crippen molar-refractivity contribution in [1.29, 1.82) is 0 Å². The maximum atomic E-state index is 12.3. The zero-order chi connectivity index (χ0) is 17.2. The van der Waals surface area contributed by atoms with Crippen LogP contribution in [-0.4, -0.2) is 38.1 Å². The molecule has 0 atom stereocenters. The van der Waals surface area contributed by atoms with E-state index in [4.69, 9.17) is 4.74 Å². The van der Waals surface area contributed by atoms with Crippen molar-refractivity contribution in [3.63, 3.8) is 0 Å². The highest BCUT2D eigenvalue weighted by Crippen LogP contribution is 2.26. The molecule has 126 valence electrons. The number of carbonyl (C=O) groups is 2. The number of nitrogens with zero attached hydrogens (tertiary/aromatic N) is 1. The lowest BCUT2D eigenvalue weighted by atomic mass is 9.93. The second-order valence-corrected chi connectivity index (χ2v) is 6.08. The van der Waals surface area contributed by atoms with Crippen LogP contribution in [0.15, 0.2) is 48.5 Å². The topological polar surface area (TPSA) is 58.6 Å². The zero-order valence-electron chi connectivity index (χ0n) is 13.7. The van der Waals surface area contributed by atoms with E-state index in [-0.39, 0.29) is 11.8 Å². The molecule has 0 unspecified atom stereocenters. The molecule has 2 heterocycles. The molecule has 0 spiro atoms. The summed E-state index contributed by atoms with van der Waals surface area (Å²) in [6.45, 7) is 3.27. The molecule has 1 N–H and O–H groups in total. The Balaban J connectivity index is 1.65. The summed E-state index contributed by atoms with van der Waals surface area (Å²) >= 11 is 0. The lowest BCUT2D eigenvalue weighted by Crippen LogP contribution is -2.36. The van der Waals surface area contributed by atoms with Crippen LogP contribution in [0, 0.1) is 0 Å². The van der Waals surface area contributed by atoms with E-state index in [1.165, 1.54) is 0 Å². The van der Waals surface area contributed by atoms with Crippen LogP contribution >= 0.6 is 0 Å². The third-order valence-corrected chi connectivity index (χ3v) is 4.51. The summed E-state index contributed by atoms with van der Waals surface area (Å²) < 4.78 is 5.38. The maximum absolute atomic E-state index is 12.3. The standard InChI is InChI=1S/C20H18N2O3/c23-19-17-4-2-1-3-16(17)18(20(24)21-19)13-14-5-7-15(8-6-14)22-9-11-25-12-10-22/h1-8,13H,9-12H2,(H,21,23,24)/b18-13+. The van der Waals surface area contributed by atoms with Crippen molar-refractivity contribution < 1.29 is 14.3 Å². The third-order valence-electron chi connectivity index (χ3n) is 4.51. The fourth-order valence-electron chi connectivity index (χ4n) is 3.19. The monoisotopic (exact) mass is 334 g/mol. The van der Waals surface area contributed by atoms with Crippen molar-refractivity contribution in [2.45, 2.75) is 0 Å². The molecule has 0 saturated carbocycles. The SMILES string of the molecule is O=C1NC(=O)c2ccccc2/C1=C\c1ccc(N2CCOCC2)cc1. The number of hydrogen-bond acceptors (Lipinski definition) is 4. The summed E-state index contributed by atoms with van der Waals surface area (Å²) in [7, 11) is 0. The fourth-order valence-corrected chi connectivity index (χ4v) is 3.19. The van der Waals surface area contributed by atoms with Crippen molar-refractivity contribution in [1.82, 2.24) is 5.32 Å². The average Bonchev–Trinajstić information content (AvgIpc) is 2.66. The molecule has 0 aromatic heterocycles. The number of benzene rings is 2. The van der Waals surface area contributed by atoms with Crippen molar-refractivity contribution in [2.75, 3.05) is 31.2 Å². The molecule has 1 saturated heterocycles. The van der Waals surface area contributed by atoms with Gasteiger partial charge in [0.15, 0.2) is 0 Å². The first-order chi connectivity index (χ1) is 12.2. The number of imide groups is 1. The minimum absolute atomic E-state index is 0.347. The maximum Gasteiger partial charge on any atom is 0.258 e. The van der Waals surface area contributed by atoms with Crippen LogP contribution in [0.2, 0.25) is 0 Å². The molecule has 2 aliphatic heterocycles. The van der Waals surface area contributed by atoms with E-state index in [1.54, 1.807) is 18.2 Å². The van der Waals surface area contributed by atoms with Crippen LogP contribution < -0.4 is 10.2 Å². The van der Waals surface area contributed by atoms with Gasteiger partial charge in [0.2, 0.25) is 0 Å². The Morgan fingerprint density at radius 1 is 0.880 bits per heavy atom. The molecule has 1 fully saturated rings. The highest BCUT2D eigenvalue weighted by molar-refractivity contribution is 6.33. The van der Waals surface area contributed by atoms with Crippen molar-refractivity contribution >= 4 is 29.2 Å². The largest absolute Gasteiger partial charge is 0.378 e. The predicted octanol–water partition coefficient (Wildman–Crippen LogP) is 2.33. The minimum Gasteiger partial charge on any atom is -0.378 e. The molecular formula is C20H18N2O3. The van der Waals surface area contributed by atoms with Gasteiger partial charge in [-0.25, -0.2) is 0 Å². The van der Waals surface area contributed by atoms with Gasteiger partial charge in [0.05, 0.1) is 13.2 Å². The van der Waals surface area contributed by atoms with E-state index in [1.807, 2.05) is 24.3 Å². The first kappa shape index (κ1) is 15.6. The van der Waals surface area contributed by atoms with Crippen molar-refractivity contribution in [3.05, 3.63) is 65.2 Å². The van der Waals surface area contributed by atoms with Crippen LogP contribution in [0.25, 0.3) is 11.6 Å². The molecular weight excluding hydrogens is 316 g/mol. The number of morpholine rings is 1. The Morgan fingerprint density at radius 3 is 2.28 bits per heavy atom. The highest BCUT2D eigenvalue weighted by Gasteiger charge is 2.26. The molecule has 4 rings (SSSR count). The molecule has 5 nitrogen and oxygen atoms in total. The van der Waals surface area contributed by atoms with Crippen LogP contribution in [0.5, 0.6) is 0 Å². The van der Waals surface area contributed by atoms with E-state index < -0.39 is 0 Å². The normalized spacial score (nSPS) is 18.9. The molecule has 5 heteroatoms. The van der Waals surface area contributed by atoms with Gasteiger partial charge in [-0.1, -0.05) is 30.3 Å². The number of hydrogen-bond donors (Lipinski definition) is 1. The fraction of sp³-hybridized carbons (Fsp3) is 0.200. The number of amides is 2. The molecule has 0 bridgehead atoms. The molecule has 0 aliphatic carbocycles. The number of ether oxygens (including phenoxy) is 1. The van der Waals surface area contributed by atoms with Gasteiger partial charge in [0.25, 0.3) is 11.8 Å². The van der Waals surface area contributed by atoms with Crippen LogP contribution in [0.3, 0.4) is 0 Å². The van der Waals surface area contributed by atoms with Gasteiger partial charge in [0.1, 0.15) is 0 Å². The second-order valence-electron chi connectivity index (χ2n) is 6.08. The number of rotatable bonds is 2. The summed E-state index contributed by atoms with van der Waals surface area (Å²) in [4.78, 5) is 26.5. The molecule has 2 aromatic rings. The van der Waals surface area contributed by atoms with Gasteiger partial charge < -0.3 is 9.64 Å². The first-order valence-corrected chi connectivity index (χ1v) is 8.32. The quantitative estimate of drug-likeness (QED) is 0.676. The van der Waals surface area contributed by atoms with Gasteiger partial charge in [-0.2, -0.15) is 0 Å². The van der Waals surface area contributed by atoms with Crippen LogP contribution in [0.4, 0.5) is 5.69 Å². The van der Waals surface area contributed by atoms with E-state index in [0.717, 1.165) is 37.6 Å². The van der Waals surface area contributed by atoms with Crippen LogP contribution in [-0.2, 0) is 9.53 Å². The molecule has 2 amide bonds. The van der Waals surface area contributed by atoms with E-state index >= 15 is 0 Å². The smallest absolute Gasteiger partial charge is 0.258 e. The van der Waals surface area contributed by atoms with E-state index in [0.29, 0.717) is 16.7 Å².